The van der Waals surface area contributed by atoms with Crippen molar-refractivity contribution in [3.8, 4) is 0 Å². The summed E-state index contributed by atoms with van der Waals surface area (Å²) >= 11 is 0. The van der Waals surface area contributed by atoms with Gasteiger partial charge in [-0.1, -0.05) is 26.0 Å². The molecule has 27 heavy (non-hydrogen) atoms. The quantitative estimate of drug-likeness (QED) is 0.677. The summed E-state index contributed by atoms with van der Waals surface area (Å²) in [6.07, 6.45) is 1.61. The number of benzene rings is 1. The number of halogens is 2. The van der Waals surface area contributed by atoms with Gasteiger partial charge in [-0.3, -0.25) is 9.69 Å². The lowest BCUT2D eigenvalue weighted by Gasteiger charge is -2.27. The molecule has 156 valence electrons. The molecule has 1 heterocycles. The van der Waals surface area contributed by atoms with E-state index in [4.69, 9.17) is 5.73 Å². The highest BCUT2D eigenvalue weighted by Crippen LogP contribution is 2.13. The van der Waals surface area contributed by atoms with Crippen molar-refractivity contribution in [3.63, 3.8) is 0 Å². The number of amides is 1. The third-order valence-electron chi connectivity index (χ3n) is 5.04. The van der Waals surface area contributed by atoms with Crippen LogP contribution in [0, 0.1) is 0 Å². The average molecular weight is 440 g/mol. The monoisotopic (exact) mass is 439 g/mol. The van der Waals surface area contributed by atoms with Crippen LogP contribution in [-0.2, 0) is 16.4 Å². The Bertz CT molecular complexity index is 696. The lowest BCUT2D eigenvalue weighted by atomic mass is 9.94. The fourth-order valence-electron chi connectivity index (χ4n) is 2.84. The molecule has 0 spiro atoms. The van der Waals surface area contributed by atoms with Gasteiger partial charge in [0.2, 0.25) is 0 Å². The van der Waals surface area contributed by atoms with E-state index in [2.05, 4.69) is 10.2 Å². The fourth-order valence-corrected chi connectivity index (χ4v) is 4.11. The summed E-state index contributed by atoms with van der Waals surface area (Å²) < 4.78 is 23.0. The predicted octanol–water partition coefficient (Wildman–Crippen LogP) is 2.01. The number of nitrogens with zero attached hydrogens (tertiary/aromatic N) is 1. The maximum atomic E-state index is 12.4. The van der Waals surface area contributed by atoms with Crippen molar-refractivity contribution < 1.29 is 13.2 Å². The first-order valence-corrected chi connectivity index (χ1v) is 10.7. The topological polar surface area (TPSA) is 92.5 Å². The highest BCUT2D eigenvalue weighted by atomic mass is 35.5. The minimum atomic E-state index is -2.87. The molecular weight excluding hydrogens is 409 g/mol. The molecular formula is C18H31Cl2N3O3S. The molecule has 1 aliphatic rings. The number of carbonyl (C=O) groups is 1. The normalized spacial score (nSPS) is 16.7. The summed E-state index contributed by atoms with van der Waals surface area (Å²) in [6, 6.07) is 7.48. The van der Waals surface area contributed by atoms with Crippen LogP contribution in [-0.4, -0.2) is 55.9 Å². The summed E-state index contributed by atoms with van der Waals surface area (Å²) in [5.74, 6) is 0.291. The molecule has 3 N–H and O–H groups in total. The van der Waals surface area contributed by atoms with Crippen LogP contribution in [0.3, 0.4) is 0 Å². The molecule has 0 unspecified atom stereocenters. The van der Waals surface area contributed by atoms with Crippen molar-refractivity contribution in [1.29, 1.82) is 0 Å². The first-order chi connectivity index (χ1) is 11.8. The molecule has 0 radical (unpaired) electrons. The van der Waals surface area contributed by atoms with Crippen molar-refractivity contribution in [2.75, 3.05) is 31.1 Å². The van der Waals surface area contributed by atoms with E-state index in [9.17, 15) is 13.2 Å². The summed E-state index contributed by atoms with van der Waals surface area (Å²) in [4.78, 5) is 14.5. The molecule has 0 aromatic heterocycles. The minimum absolute atomic E-state index is 0. The Morgan fingerprint density at radius 1 is 1.19 bits per heavy atom. The highest BCUT2D eigenvalue weighted by molar-refractivity contribution is 7.91. The molecule has 0 atom stereocenters. The molecule has 0 bridgehead atoms. The van der Waals surface area contributed by atoms with Crippen LogP contribution < -0.4 is 11.1 Å². The molecule has 9 heteroatoms. The number of hydrogen-bond donors (Lipinski definition) is 2. The second-order valence-electron chi connectivity index (χ2n) is 6.88. The molecule has 6 nitrogen and oxygen atoms in total. The number of nitrogens with two attached hydrogens (primary N) is 1. The van der Waals surface area contributed by atoms with Gasteiger partial charge in [-0.25, -0.2) is 8.42 Å². The first kappa shape index (κ1) is 26.1. The van der Waals surface area contributed by atoms with Crippen molar-refractivity contribution in [1.82, 2.24) is 10.2 Å². The van der Waals surface area contributed by atoms with Crippen molar-refractivity contribution in [2.24, 2.45) is 5.73 Å². The van der Waals surface area contributed by atoms with Gasteiger partial charge in [0.05, 0.1) is 11.5 Å². The molecule has 1 aromatic rings. The lowest BCUT2D eigenvalue weighted by molar-refractivity contribution is 0.0942. The van der Waals surface area contributed by atoms with Gasteiger partial charge in [-0.15, -0.1) is 24.8 Å². The van der Waals surface area contributed by atoms with E-state index in [0.717, 1.165) is 18.4 Å². The van der Waals surface area contributed by atoms with Gasteiger partial charge in [-0.2, -0.15) is 0 Å². The van der Waals surface area contributed by atoms with Crippen LogP contribution in [0.2, 0.25) is 0 Å². The van der Waals surface area contributed by atoms with E-state index in [1.54, 1.807) is 6.07 Å². The molecule has 2 rings (SSSR count). The van der Waals surface area contributed by atoms with E-state index >= 15 is 0 Å². The molecule has 1 aromatic carbocycles. The van der Waals surface area contributed by atoms with Crippen molar-refractivity contribution in [2.45, 2.75) is 38.8 Å². The van der Waals surface area contributed by atoms with Gasteiger partial charge in [-0.05, 0) is 30.5 Å². The Labute approximate surface area is 175 Å². The largest absolute Gasteiger partial charge is 0.350 e. The third-order valence-corrected chi connectivity index (χ3v) is 6.65. The van der Waals surface area contributed by atoms with Gasteiger partial charge >= 0.3 is 0 Å². The van der Waals surface area contributed by atoms with Crippen molar-refractivity contribution in [3.05, 3.63) is 35.4 Å². The molecule has 0 aliphatic carbocycles. The number of hydrogen-bond acceptors (Lipinski definition) is 5. The van der Waals surface area contributed by atoms with Crippen LogP contribution in [0.25, 0.3) is 0 Å². The van der Waals surface area contributed by atoms with E-state index in [1.807, 2.05) is 32.0 Å². The predicted molar refractivity (Wildman–Crippen MR) is 115 cm³/mol. The van der Waals surface area contributed by atoms with E-state index in [-0.39, 0.29) is 47.8 Å². The van der Waals surface area contributed by atoms with Crippen LogP contribution in [0.1, 0.15) is 42.6 Å². The summed E-state index contributed by atoms with van der Waals surface area (Å²) in [5.41, 5.74) is 7.48. The summed E-state index contributed by atoms with van der Waals surface area (Å²) in [7, 11) is -2.87. The Kier molecular flexibility index (Phi) is 10.9. The molecule has 1 amide bonds. The lowest BCUT2D eigenvalue weighted by Crippen LogP contribution is -2.49. The first-order valence-electron chi connectivity index (χ1n) is 8.86. The average Bonchev–Trinajstić information content (AvgIpc) is 2.61. The van der Waals surface area contributed by atoms with Crippen LogP contribution in [0.15, 0.2) is 24.3 Å². The summed E-state index contributed by atoms with van der Waals surface area (Å²) in [5, 5.41) is 2.93. The zero-order chi connectivity index (χ0) is 18.5. The smallest absolute Gasteiger partial charge is 0.251 e. The Hall–Kier alpha value is -0.860. The maximum Gasteiger partial charge on any atom is 0.251 e. The third kappa shape index (κ3) is 7.95. The molecule has 1 saturated heterocycles. The number of sulfone groups is 1. The maximum absolute atomic E-state index is 12.4. The Balaban J connectivity index is 0.00000338. The zero-order valence-electron chi connectivity index (χ0n) is 15.9. The molecule has 0 saturated carbocycles. The SMILES string of the molecule is CCC(N)(CC)CNC(=O)c1cccc(CN2CCS(=O)(=O)CC2)c1.Cl.Cl. The van der Waals surface area contributed by atoms with E-state index in [1.165, 1.54) is 0 Å². The molecule has 1 aliphatic heterocycles. The highest BCUT2D eigenvalue weighted by Gasteiger charge is 2.23. The number of carbonyl (C=O) groups excluding carboxylic acids is 1. The summed E-state index contributed by atoms with van der Waals surface area (Å²) in [6.45, 7) is 6.24. The standard InChI is InChI=1S/C18H29N3O3S.2ClH/c1-3-18(19,4-2)14-20-17(22)16-7-5-6-15(12-16)13-21-8-10-25(23,24)11-9-21;;/h5-7,12H,3-4,8-11,13-14,19H2,1-2H3,(H,20,22);2*1H. The van der Waals surface area contributed by atoms with E-state index in [0.29, 0.717) is 31.7 Å². The Morgan fingerprint density at radius 2 is 1.78 bits per heavy atom. The van der Waals surface area contributed by atoms with Crippen LogP contribution in [0.5, 0.6) is 0 Å². The van der Waals surface area contributed by atoms with Gasteiger partial charge in [0.15, 0.2) is 9.84 Å². The number of rotatable bonds is 7. The van der Waals surface area contributed by atoms with Gasteiger partial charge in [0, 0.05) is 37.3 Å². The zero-order valence-corrected chi connectivity index (χ0v) is 18.4. The van der Waals surface area contributed by atoms with Gasteiger partial charge < -0.3 is 11.1 Å². The van der Waals surface area contributed by atoms with Crippen LogP contribution >= 0.6 is 24.8 Å². The van der Waals surface area contributed by atoms with Gasteiger partial charge in [0.1, 0.15) is 0 Å². The van der Waals surface area contributed by atoms with Crippen LogP contribution in [0.4, 0.5) is 0 Å². The Morgan fingerprint density at radius 3 is 2.33 bits per heavy atom. The van der Waals surface area contributed by atoms with Crippen molar-refractivity contribution >= 4 is 40.6 Å². The second kappa shape index (κ2) is 11.2. The second-order valence-corrected chi connectivity index (χ2v) is 9.18. The number of nitrogens with one attached hydrogen (secondary N) is 1. The molecule has 1 fully saturated rings. The fraction of sp³-hybridized carbons (Fsp3) is 0.611. The van der Waals surface area contributed by atoms with E-state index < -0.39 is 9.84 Å². The minimum Gasteiger partial charge on any atom is -0.350 e. The van der Waals surface area contributed by atoms with Gasteiger partial charge in [0.25, 0.3) is 5.91 Å².